The van der Waals surface area contributed by atoms with Gasteiger partial charge in [0.2, 0.25) is 5.82 Å². The van der Waals surface area contributed by atoms with E-state index in [-0.39, 0.29) is 16.9 Å². The lowest BCUT2D eigenvalue weighted by Crippen LogP contribution is -2.14. The topological polar surface area (TPSA) is 106 Å². The molecule has 2 rings (SSSR count). The normalized spacial score (nSPS) is 11.2. The van der Waals surface area contributed by atoms with Crippen LogP contribution < -0.4 is 0 Å². The zero-order chi connectivity index (χ0) is 16.5. The van der Waals surface area contributed by atoms with E-state index >= 15 is 0 Å². The van der Waals surface area contributed by atoms with Crippen molar-refractivity contribution in [2.24, 2.45) is 0 Å². The summed E-state index contributed by atoms with van der Waals surface area (Å²) in [7, 11) is 0. The van der Waals surface area contributed by atoms with Crippen molar-refractivity contribution in [3.63, 3.8) is 0 Å². The van der Waals surface area contributed by atoms with E-state index < -0.39 is 28.6 Å². The molecule has 0 aliphatic rings. The van der Waals surface area contributed by atoms with E-state index in [9.17, 15) is 28.1 Å². The molecule has 0 saturated heterocycles. The second-order valence-corrected chi connectivity index (χ2v) is 4.07. The van der Waals surface area contributed by atoms with Crippen LogP contribution in [0.2, 0.25) is 0 Å². The molecule has 2 aromatic rings. The predicted molar refractivity (Wildman–Crippen MR) is 66.1 cm³/mol. The van der Waals surface area contributed by atoms with Gasteiger partial charge in [-0.25, -0.2) is 14.8 Å². The summed E-state index contributed by atoms with van der Waals surface area (Å²) < 4.78 is 38.2. The Bertz CT molecular complexity index is 762. The SMILES string of the molecule is O=C(O)c1nc(-c2cccc([N+](=O)[O-])c2)cc(C(F)(F)F)n1. The molecule has 10 heteroatoms. The highest BCUT2D eigenvalue weighted by atomic mass is 19.4. The molecule has 0 unspecified atom stereocenters. The average molecular weight is 313 g/mol. The minimum Gasteiger partial charge on any atom is -0.475 e. The molecule has 0 atom stereocenters. The number of carboxylic acids is 1. The van der Waals surface area contributed by atoms with Crippen LogP contribution in [0.1, 0.15) is 16.3 Å². The molecule has 0 radical (unpaired) electrons. The molecule has 0 bridgehead atoms. The number of benzene rings is 1. The summed E-state index contributed by atoms with van der Waals surface area (Å²) in [6.07, 6.45) is -4.87. The Morgan fingerprint density at radius 3 is 2.45 bits per heavy atom. The van der Waals surface area contributed by atoms with E-state index in [1.54, 1.807) is 0 Å². The summed E-state index contributed by atoms with van der Waals surface area (Å²) in [5.74, 6) is -2.78. The lowest BCUT2D eigenvalue weighted by Gasteiger charge is -2.09. The highest BCUT2D eigenvalue weighted by Crippen LogP contribution is 2.31. The van der Waals surface area contributed by atoms with Gasteiger partial charge in [-0.05, 0) is 6.07 Å². The van der Waals surface area contributed by atoms with Crippen molar-refractivity contribution in [2.75, 3.05) is 0 Å². The first-order chi connectivity index (χ1) is 10.2. The molecule has 7 nitrogen and oxygen atoms in total. The molecule has 0 spiro atoms. The number of nitro benzene ring substituents is 1. The summed E-state index contributed by atoms with van der Waals surface area (Å²) in [5.41, 5.74) is -2.20. The standard InChI is InChI=1S/C12H6F3N3O4/c13-12(14,15)9-5-8(16-10(17-9)11(19)20)6-2-1-3-7(4-6)18(21)22/h1-5H,(H,19,20). The van der Waals surface area contributed by atoms with Crippen molar-refractivity contribution >= 4 is 11.7 Å². The molecule has 0 aliphatic heterocycles. The maximum absolute atomic E-state index is 12.7. The van der Waals surface area contributed by atoms with Crippen molar-refractivity contribution in [1.29, 1.82) is 0 Å². The number of hydrogen-bond donors (Lipinski definition) is 1. The van der Waals surface area contributed by atoms with Crippen molar-refractivity contribution < 1.29 is 28.0 Å². The molecule has 114 valence electrons. The number of hydrogen-bond acceptors (Lipinski definition) is 5. The van der Waals surface area contributed by atoms with E-state index in [2.05, 4.69) is 9.97 Å². The first kappa shape index (κ1) is 15.4. The smallest absolute Gasteiger partial charge is 0.433 e. The van der Waals surface area contributed by atoms with Crippen LogP contribution in [0.15, 0.2) is 30.3 Å². The quantitative estimate of drug-likeness (QED) is 0.689. The third-order valence-corrected chi connectivity index (χ3v) is 2.56. The second-order valence-electron chi connectivity index (χ2n) is 4.07. The molecule has 1 heterocycles. The lowest BCUT2D eigenvalue weighted by atomic mass is 10.1. The molecule has 1 aromatic carbocycles. The van der Waals surface area contributed by atoms with Crippen molar-refractivity contribution in [3.05, 3.63) is 52.0 Å². The predicted octanol–water partition coefficient (Wildman–Crippen LogP) is 2.77. The molecular formula is C12H6F3N3O4. The highest BCUT2D eigenvalue weighted by Gasteiger charge is 2.34. The van der Waals surface area contributed by atoms with Gasteiger partial charge < -0.3 is 5.11 Å². The molecular weight excluding hydrogens is 307 g/mol. The van der Waals surface area contributed by atoms with Gasteiger partial charge in [-0.3, -0.25) is 10.1 Å². The number of nitro groups is 1. The minimum absolute atomic E-state index is 0.0235. The number of carbonyl (C=O) groups is 1. The third-order valence-electron chi connectivity index (χ3n) is 2.56. The number of aromatic carboxylic acids is 1. The van der Waals surface area contributed by atoms with Gasteiger partial charge in [0.25, 0.3) is 5.69 Å². The Balaban J connectivity index is 2.64. The van der Waals surface area contributed by atoms with Gasteiger partial charge >= 0.3 is 12.1 Å². The van der Waals surface area contributed by atoms with Gasteiger partial charge in [0, 0.05) is 17.7 Å². The van der Waals surface area contributed by atoms with Crippen LogP contribution in [0, 0.1) is 10.1 Å². The van der Waals surface area contributed by atoms with Crippen LogP contribution in [0.3, 0.4) is 0 Å². The zero-order valence-corrected chi connectivity index (χ0v) is 10.5. The number of non-ortho nitro benzene ring substituents is 1. The summed E-state index contributed by atoms with van der Waals surface area (Å²) in [6.45, 7) is 0. The van der Waals surface area contributed by atoms with Crippen molar-refractivity contribution in [1.82, 2.24) is 9.97 Å². The number of halogens is 3. The fourth-order valence-electron chi connectivity index (χ4n) is 1.61. The van der Waals surface area contributed by atoms with Gasteiger partial charge in [-0.1, -0.05) is 12.1 Å². The summed E-state index contributed by atoms with van der Waals surface area (Å²) in [5, 5.41) is 19.5. The maximum Gasteiger partial charge on any atom is 0.433 e. The number of carboxylic acid groups (broad SMARTS) is 1. The van der Waals surface area contributed by atoms with Crippen molar-refractivity contribution in [2.45, 2.75) is 6.18 Å². The Kier molecular flexibility index (Phi) is 3.76. The van der Waals surface area contributed by atoms with Crippen LogP contribution in [0.25, 0.3) is 11.3 Å². The maximum atomic E-state index is 12.7. The van der Waals surface area contributed by atoms with E-state index in [0.29, 0.717) is 6.07 Å². The van der Waals surface area contributed by atoms with E-state index in [1.807, 2.05) is 0 Å². The molecule has 1 N–H and O–H groups in total. The summed E-state index contributed by atoms with van der Waals surface area (Å²) in [4.78, 5) is 27.2. The number of alkyl halides is 3. The minimum atomic E-state index is -4.87. The average Bonchev–Trinajstić information content (AvgIpc) is 2.46. The Labute approximate surface area is 120 Å². The lowest BCUT2D eigenvalue weighted by molar-refractivity contribution is -0.384. The van der Waals surface area contributed by atoms with E-state index in [4.69, 9.17) is 5.11 Å². The monoisotopic (exact) mass is 313 g/mol. The Morgan fingerprint density at radius 1 is 1.23 bits per heavy atom. The number of rotatable bonds is 3. The van der Waals surface area contributed by atoms with Crippen LogP contribution in [0.5, 0.6) is 0 Å². The molecule has 0 saturated carbocycles. The van der Waals surface area contributed by atoms with Gasteiger partial charge in [-0.15, -0.1) is 0 Å². The Hall–Kier alpha value is -3.04. The Morgan fingerprint density at radius 2 is 1.91 bits per heavy atom. The van der Waals surface area contributed by atoms with Crippen LogP contribution in [-0.4, -0.2) is 26.0 Å². The van der Waals surface area contributed by atoms with E-state index in [0.717, 1.165) is 12.1 Å². The third kappa shape index (κ3) is 3.16. The molecule has 22 heavy (non-hydrogen) atoms. The molecule has 0 amide bonds. The van der Waals surface area contributed by atoms with Gasteiger partial charge in [0.15, 0.2) is 0 Å². The van der Waals surface area contributed by atoms with Gasteiger partial charge in [-0.2, -0.15) is 13.2 Å². The largest absolute Gasteiger partial charge is 0.475 e. The molecule has 1 aromatic heterocycles. The number of aromatic nitrogens is 2. The molecule has 0 fully saturated rings. The first-order valence-electron chi connectivity index (χ1n) is 5.63. The number of nitrogens with zero attached hydrogens (tertiary/aromatic N) is 3. The fraction of sp³-hybridized carbons (Fsp3) is 0.0833. The summed E-state index contributed by atoms with van der Waals surface area (Å²) in [6, 6.07) is 5.21. The summed E-state index contributed by atoms with van der Waals surface area (Å²) >= 11 is 0. The zero-order valence-electron chi connectivity index (χ0n) is 10.5. The van der Waals surface area contributed by atoms with Gasteiger partial charge in [0.05, 0.1) is 10.6 Å². The van der Waals surface area contributed by atoms with E-state index in [1.165, 1.54) is 12.1 Å². The van der Waals surface area contributed by atoms with Crippen LogP contribution in [-0.2, 0) is 6.18 Å². The van der Waals surface area contributed by atoms with Gasteiger partial charge in [0.1, 0.15) is 5.69 Å². The second kappa shape index (κ2) is 5.39. The fourth-order valence-corrected chi connectivity index (χ4v) is 1.61. The van der Waals surface area contributed by atoms with Crippen LogP contribution in [0.4, 0.5) is 18.9 Å². The first-order valence-corrected chi connectivity index (χ1v) is 5.63. The van der Waals surface area contributed by atoms with Crippen LogP contribution >= 0.6 is 0 Å². The highest BCUT2D eigenvalue weighted by molar-refractivity contribution is 5.84. The van der Waals surface area contributed by atoms with Crippen molar-refractivity contribution in [3.8, 4) is 11.3 Å². The molecule has 0 aliphatic carbocycles.